The maximum atomic E-state index is 12.1. The lowest BCUT2D eigenvalue weighted by atomic mass is 10.00. The summed E-state index contributed by atoms with van der Waals surface area (Å²) in [6, 6.07) is 10.2. The van der Waals surface area contributed by atoms with Crippen molar-refractivity contribution in [1.82, 2.24) is 9.88 Å². The van der Waals surface area contributed by atoms with Gasteiger partial charge in [0.05, 0.1) is 0 Å². The lowest BCUT2D eigenvalue weighted by molar-refractivity contribution is 0.217. The average molecular weight is 285 g/mol. The molecule has 20 heavy (non-hydrogen) atoms. The van der Waals surface area contributed by atoms with E-state index in [2.05, 4.69) is 28.5 Å². The van der Waals surface area contributed by atoms with Gasteiger partial charge in [-0.3, -0.25) is 5.32 Å². The third-order valence-corrected chi connectivity index (χ3v) is 3.98. The molecular formula is C15H15N3OS. The van der Waals surface area contributed by atoms with Crippen LogP contribution < -0.4 is 5.32 Å². The number of aromatic nitrogens is 1. The van der Waals surface area contributed by atoms with Crippen molar-refractivity contribution in [2.45, 2.75) is 6.42 Å². The van der Waals surface area contributed by atoms with Gasteiger partial charge >= 0.3 is 6.03 Å². The Morgan fingerprint density at radius 2 is 2.15 bits per heavy atom. The summed E-state index contributed by atoms with van der Waals surface area (Å²) >= 11 is 1.43. The first-order chi connectivity index (χ1) is 9.83. The number of benzene rings is 1. The summed E-state index contributed by atoms with van der Waals surface area (Å²) in [5.74, 6) is 0. The van der Waals surface area contributed by atoms with E-state index in [0.717, 1.165) is 13.0 Å². The molecule has 2 aromatic rings. The van der Waals surface area contributed by atoms with E-state index in [1.165, 1.54) is 22.5 Å². The molecule has 1 aliphatic heterocycles. The van der Waals surface area contributed by atoms with Crippen molar-refractivity contribution in [3.05, 3.63) is 53.5 Å². The van der Waals surface area contributed by atoms with Gasteiger partial charge in [-0.15, -0.1) is 11.3 Å². The molecule has 5 heteroatoms. The van der Waals surface area contributed by atoms with Crippen LogP contribution in [0.4, 0.5) is 9.93 Å². The van der Waals surface area contributed by atoms with Crippen LogP contribution in [0.3, 0.4) is 0 Å². The Hall–Kier alpha value is -2.14. The Kier molecular flexibility index (Phi) is 3.78. The minimum atomic E-state index is -0.0803. The van der Waals surface area contributed by atoms with Gasteiger partial charge in [-0.1, -0.05) is 36.4 Å². The summed E-state index contributed by atoms with van der Waals surface area (Å²) < 4.78 is 0. The molecule has 1 aliphatic rings. The number of hydrogen-bond donors (Lipinski definition) is 1. The monoisotopic (exact) mass is 285 g/mol. The average Bonchev–Trinajstić information content (AvgIpc) is 3.01. The quantitative estimate of drug-likeness (QED) is 0.918. The van der Waals surface area contributed by atoms with E-state index < -0.39 is 0 Å². The van der Waals surface area contributed by atoms with E-state index in [0.29, 0.717) is 11.7 Å². The van der Waals surface area contributed by atoms with Crippen LogP contribution in [0.25, 0.3) is 5.57 Å². The summed E-state index contributed by atoms with van der Waals surface area (Å²) in [6.07, 6.45) is 4.69. The summed E-state index contributed by atoms with van der Waals surface area (Å²) in [6.45, 7) is 1.37. The van der Waals surface area contributed by atoms with Gasteiger partial charge in [0, 0.05) is 24.7 Å². The van der Waals surface area contributed by atoms with E-state index in [-0.39, 0.29) is 6.03 Å². The van der Waals surface area contributed by atoms with Gasteiger partial charge in [-0.2, -0.15) is 0 Å². The normalized spacial score (nSPS) is 14.8. The molecule has 4 nitrogen and oxygen atoms in total. The van der Waals surface area contributed by atoms with Gasteiger partial charge in [-0.05, 0) is 17.6 Å². The fourth-order valence-corrected chi connectivity index (χ4v) is 2.74. The fourth-order valence-electron chi connectivity index (χ4n) is 2.22. The van der Waals surface area contributed by atoms with Crippen LogP contribution in [0, 0.1) is 0 Å². The maximum Gasteiger partial charge on any atom is 0.323 e. The number of rotatable bonds is 2. The summed E-state index contributed by atoms with van der Waals surface area (Å²) in [4.78, 5) is 17.9. The zero-order valence-electron chi connectivity index (χ0n) is 11.0. The summed E-state index contributed by atoms with van der Waals surface area (Å²) in [5, 5.41) is 5.30. The molecule has 0 radical (unpaired) electrons. The van der Waals surface area contributed by atoms with Gasteiger partial charge < -0.3 is 4.90 Å². The van der Waals surface area contributed by atoms with Crippen LogP contribution in [-0.2, 0) is 0 Å². The second-order valence-corrected chi connectivity index (χ2v) is 5.45. The second kappa shape index (κ2) is 5.88. The molecule has 0 aliphatic carbocycles. The fraction of sp³-hybridized carbons (Fsp3) is 0.200. The molecule has 0 spiro atoms. The molecule has 1 aromatic carbocycles. The Labute approximate surface area is 121 Å². The highest BCUT2D eigenvalue weighted by molar-refractivity contribution is 7.13. The zero-order chi connectivity index (χ0) is 13.8. The molecule has 2 amide bonds. The predicted molar refractivity (Wildman–Crippen MR) is 81.7 cm³/mol. The first-order valence-corrected chi connectivity index (χ1v) is 7.41. The third-order valence-electron chi connectivity index (χ3n) is 3.29. The van der Waals surface area contributed by atoms with Gasteiger partial charge in [-0.25, -0.2) is 9.78 Å². The Morgan fingerprint density at radius 1 is 1.30 bits per heavy atom. The highest BCUT2D eigenvalue weighted by atomic mass is 32.1. The van der Waals surface area contributed by atoms with E-state index in [1.54, 1.807) is 11.1 Å². The lowest BCUT2D eigenvalue weighted by Gasteiger charge is -2.26. The topological polar surface area (TPSA) is 45.2 Å². The predicted octanol–water partition coefficient (Wildman–Crippen LogP) is 3.46. The Bertz CT molecular complexity index is 607. The van der Waals surface area contributed by atoms with Crippen molar-refractivity contribution >= 4 is 28.1 Å². The number of nitrogens with zero attached hydrogens (tertiary/aromatic N) is 2. The van der Waals surface area contributed by atoms with Crippen molar-refractivity contribution < 1.29 is 4.79 Å². The number of carbonyl (C=O) groups is 1. The molecule has 0 saturated carbocycles. The number of nitrogens with one attached hydrogen (secondary N) is 1. The molecule has 0 atom stereocenters. The van der Waals surface area contributed by atoms with Crippen LogP contribution >= 0.6 is 11.3 Å². The maximum absolute atomic E-state index is 12.1. The third kappa shape index (κ3) is 2.88. The number of hydrogen-bond acceptors (Lipinski definition) is 3. The van der Waals surface area contributed by atoms with E-state index >= 15 is 0 Å². The zero-order valence-corrected chi connectivity index (χ0v) is 11.8. The molecule has 1 aromatic heterocycles. The minimum absolute atomic E-state index is 0.0803. The van der Waals surface area contributed by atoms with Crippen LogP contribution in [0.1, 0.15) is 12.0 Å². The lowest BCUT2D eigenvalue weighted by Crippen LogP contribution is -2.37. The van der Waals surface area contributed by atoms with Crippen LogP contribution in [-0.4, -0.2) is 29.0 Å². The van der Waals surface area contributed by atoms with Crippen molar-refractivity contribution in [2.75, 3.05) is 18.4 Å². The molecule has 0 bridgehead atoms. The van der Waals surface area contributed by atoms with E-state index in [1.807, 2.05) is 23.6 Å². The summed E-state index contributed by atoms with van der Waals surface area (Å²) in [7, 11) is 0. The van der Waals surface area contributed by atoms with Crippen LogP contribution in [0.2, 0.25) is 0 Å². The first kappa shape index (κ1) is 12.9. The first-order valence-electron chi connectivity index (χ1n) is 6.53. The SMILES string of the molecule is O=C(Nc1nccs1)N1CC=C(c2ccccc2)CC1. The minimum Gasteiger partial charge on any atom is -0.320 e. The van der Waals surface area contributed by atoms with Crippen LogP contribution in [0.5, 0.6) is 0 Å². The van der Waals surface area contributed by atoms with Gasteiger partial charge in [0.25, 0.3) is 0 Å². The van der Waals surface area contributed by atoms with Gasteiger partial charge in [0.15, 0.2) is 5.13 Å². The molecule has 102 valence electrons. The Morgan fingerprint density at radius 3 is 2.80 bits per heavy atom. The highest BCUT2D eigenvalue weighted by Gasteiger charge is 2.18. The van der Waals surface area contributed by atoms with E-state index in [9.17, 15) is 4.79 Å². The number of amides is 2. The molecule has 0 unspecified atom stereocenters. The standard InChI is InChI=1S/C15H15N3OS/c19-15(17-14-16-8-11-20-14)18-9-6-13(7-10-18)12-4-2-1-3-5-12/h1-6,8,11H,7,9-10H2,(H,16,17,19). The highest BCUT2D eigenvalue weighted by Crippen LogP contribution is 2.22. The number of urea groups is 1. The van der Waals surface area contributed by atoms with Crippen LogP contribution in [0.15, 0.2) is 48.0 Å². The summed E-state index contributed by atoms with van der Waals surface area (Å²) in [5.41, 5.74) is 2.55. The van der Waals surface area contributed by atoms with Crippen molar-refractivity contribution in [2.24, 2.45) is 0 Å². The molecule has 0 fully saturated rings. The van der Waals surface area contributed by atoms with Gasteiger partial charge in [0.2, 0.25) is 0 Å². The number of thiazole rings is 1. The Balaban J connectivity index is 1.63. The second-order valence-electron chi connectivity index (χ2n) is 4.56. The molecule has 0 saturated heterocycles. The molecule has 3 rings (SSSR count). The number of anilines is 1. The molecular weight excluding hydrogens is 270 g/mol. The largest absolute Gasteiger partial charge is 0.323 e. The van der Waals surface area contributed by atoms with Crippen molar-refractivity contribution in [3.8, 4) is 0 Å². The smallest absolute Gasteiger partial charge is 0.320 e. The molecule has 1 N–H and O–H groups in total. The van der Waals surface area contributed by atoms with E-state index in [4.69, 9.17) is 0 Å². The number of carbonyl (C=O) groups excluding carboxylic acids is 1. The van der Waals surface area contributed by atoms with Crippen molar-refractivity contribution in [1.29, 1.82) is 0 Å². The van der Waals surface area contributed by atoms with Crippen molar-refractivity contribution in [3.63, 3.8) is 0 Å². The van der Waals surface area contributed by atoms with Gasteiger partial charge in [0.1, 0.15) is 0 Å². The molecule has 2 heterocycles.